The minimum Gasteiger partial charge on any atom is -0.457 e. The maximum atomic E-state index is 11.2. The predicted octanol–water partition coefficient (Wildman–Crippen LogP) is 3.90. The maximum Gasteiger partial charge on any atom is 0.269 e. The molecule has 0 unspecified atom stereocenters. The Morgan fingerprint density at radius 3 is 2.30 bits per heavy atom. The van der Waals surface area contributed by atoms with Crippen LogP contribution in [-0.4, -0.2) is 10.7 Å². The Morgan fingerprint density at radius 2 is 1.80 bits per heavy atom. The van der Waals surface area contributed by atoms with Gasteiger partial charge in [0.25, 0.3) is 5.69 Å². The lowest BCUT2D eigenvalue weighted by molar-refractivity contribution is -0.384. The summed E-state index contributed by atoms with van der Waals surface area (Å²) in [5.74, 6) is 1.11. The average molecular weight is 271 g/mol. The highest BCUT2D eigenvalue weighted by Crippen LogP contribution is 2.28. The number of aryl methyl sites for hydroxylation is 1. The molecule has 0 fully saturated rings. The van der Waals surface area contributed by atoms with Crippen molar-refractivity contribution in [1.82, 2.24) is 0 Å². The van der Waals surface area contributed by atoms with Crippen molar-refractivity contribution in [2.45, 2.75) is 13.8 Å². The molecule has 5 heteroatoms. The van der Waals surface area contributed by atoms with Crippen LogP contribution in [0, 0.1) is 17.0 Å². The standard InChI is InChI=1S/C15H13NO4/c1-10-9-13(16(18)19)5-8-15(10)20-14-6-3-12(4-7-14)11(2)17/h3-9H,1-2H3. The van der Waals surface area contributed by atoms with Crippen LogP contribution in [0.5, 0.6) is 11.5 Å². The number of carbonyl (C=O) groups is 1. The van der Waals surface area contributed by atoms with Crippen molar-refractivity contribution < 1.29 is 14.5 Å². The molecule has 102 valence electrons. The van der Waals surface area contributed by atoms with Gasteiger partial charge >= 0.3 is 0 Å². The summed E-state index contributed by atoms with van der Waals surface area (Å²) >= 11 is 0. The van der Waals surface area contributed by atoms with Crippen molar-refractivity contribution in [1.29, 1.82) is 0 Å². The van der Waals surface area contributed by atoms with Gasteiger partial charge in [-0.2, -0.15) is 0 Å². The highest BCUT2D eigenvalue weighted by molar-refractivity contribution is 5.94. The van der Waals surface area contributed by atoms with Gasteiger partial charge in [0, 0.05) is 17.7 Å². The first-order chi connectivity index (χ1) is 9.47. The van der Waals surface area contributed by atoms with Crippen LogP contribution in [0.25, 0.3) is 0 Å². The average Bonchev–Trinajstić information content (AvgIpc) is 2.41. The smallest absolute Gasteiger partial charge is 0.269 e. The minimum absolute atomic E-state index is 0.0110. The topological polar surface area (TPSA) is 69.4 Å². The van der Waals surface area contributed by atoms with Crippen molar-refractivity contribution in [2.75, 3.05) is 0 Å². The summed E-state index contributed by atoms with van der Waals surface area (Å²) in [6.45, 7) is 3.24. The number of nitro groups is 1. The second-order valence-corrected chi connectivity index (χ2v) is 4.39. The zero-order valence-electron chi connectivity index (χ0n) is 11.1. The lowest BCUT2D eigenvalue weighted by Gasteiger charge is -2.08. The molecular formula is C15H13NO4. The summed E-state index contributed by atoms with van der Waals surface area (Å²) in [4.78, 5) is 21.4. The number of carbonyl (C=O) groups excluding carboxylic acids is 1. The first-order valence-electron chi connectivity index (χ1n) is 6.01. The first-order valence-corrected chi connectivity index (χ1v) is 6.01. The third kappa shape index (κ3) is 3.00. The van der Waals surface area contributed by atoms with E-state index in [0.29, 0.717) is 22.6 Å². The van der Waals surface area contributed by atoms with Gasteiger partial charge in [-0.1, -0.05) is 0 Å². The highest BCUT2D eigenvalue weighted by Gasteiger charge is 2.09. The molecular weight excluding hydrogens is 258 g/mol. The van der Waals surface area contributed by atoms with E-state index in [1.54, 1.807) is 37.3 Å². The fourth-order valence-corrected chi connectivity index (χ4v) is 1.75. The first kappa shape index (κ1) is 13.7. The van der Waals surface area contributed by atoms with Crippen molar-refractivity contribution in [2.24, 2.45) is 0 Å². The van der Waals surface area contributed by atoms with Crippen molar-refractivity contribution in [3.05, 3.63) is 63.7 Å². The third-order valence-electron chi connectivity index (χ3n) is 2.86. The van der Waals surface area contributed by atoms with E-state index in [9.17, 15) is 14.9 Å². The van der Waals surface area contributed by atoms with E-state index in [0.717, 1.165) is 0 Å². The van der Waals surface area contributed by atoms with Gasteiger partial charge < -0.3 is 4.74 Å². The van der Waals surface area contributed by atoms with Crippen LogP contribution in [0.4, 0.5) is 5.69 Å². The van der Waals surface area contributed by atoms with Crippen LogP contribution in [-0.2, 0) is 0 Å². The second kappa shape index (κ2) is 5.52. The Kier molecular flexibility index (Phi) is 3.79. The summed E-state index contributed by atoms with van der Waals surface area (Å²) in [5.41, 5.74) is 1.31. The molecule has 0 aliphatic heterocycles. The number of nitro benzene ring substituents is 1. The van der Waals surface area contributed by atoms with Gasteiger partial charge in [0.1, 0.15) is 11.5 Å². The normalized spacial score (nSPS) is 10.1. The van der Waals surface area contributed by atoms with E-state index < -0.39 is 4.92 Å². The van der Waals surface area contributed by atoms with E-state index >= 15 is 0 Å². The summed E-state index contributed by atoms with van der Waals surface area (Å²) < 4.78 is 5.64. The van der Waals surface area contributed by atoms with Gasteiger partial charge in [0.05, 0.1) is 4.92 Å². The zero-order valence-corrected chi connectivity index (χ0v) is 11.1. The van der Waals surface area contributed by atoms with E-state index in [1.807, 2.05) is 0 Å². The van der Waals surface area contributed by atoms with Crippen molar-refractivity contribution in [3.63, 3.8) is 0 Å². The molecule has 0 spiro atoms. The molecule has 0 amide bonds. The molecule has 2 rings (SSSR count). The van der Waals surface area contributed by atoms with Gasteiger partial charge in [0.2, 0.25) is 0 Å². The Hall–Kier alpha value is -2.69. The van der Waals surface area contributed by atoms with Gasteiger partial charge in [-0.05, 0) is 49.7 Å². The SMILES string of the molecule is CC(=O)c1ccc(Oc2ccc([N+](=O)[O-])cc2C)cc1. The van der Waals surface area contributed by atoms with E-state index in [4.69, 9.17) is 4.74 Å². The summed E-state index contributed by atoms with van der Waals surface area (Å²) in [6, 6.07) is 11.2. The molecule has 0 atom stereocenters. The summed E-state index contributed by atoms with van der Waals surface area (Å²) in [5, 5.41) is 10.7. The zero-order chi connectivity index (χ0) is 14.7. The Morgan fingerprint density at radius 1 is 1.15 bits per heavy atom. The molecule has 2 aromatic rings. The van der Waals surface area contributed by atoms with Gasteiger partial charge in [-0.25, -0.2) is 0 Å². The molecule has 0 saturated carbocycles. The molecule has 0 aliphatic rings. The van der Waals surface area contributed by atoms with Crippen molar-refractivity contribution in [3.8, 4) is 11.5 Å². The van der Waals surface area contributed by atoms with Crippen LogP contribution < -0.4 is 4.74 Å². The molecule has 2 aromatic carbocycles. The van der Waals surface area contributed by atoms with E-state index in [2.05, 4.69) is 0 Å². The largest absolute Gasteiger partial charge is 0.457 e. The number of ketones is 1. The lowest BCUT2D eigenvalue weighted by atomic mass is 10.1. The number of hydrogen-bond acceptors (Lipinski definition) is 4. The van der Waals surface area contributed by atoms with Crippen molar-refractivity contribution >= 4 is 11.5 Å². The molecule has 0 radical (unpaired) electrons. The third-order valence-corrected chi connectivity index (χ3v) is 2.86. The second-order valence-electron chi connectivity index (χ2n) is 4.39. The van der Waals surface area contributed by atoms with Gasteiger partial charge in [-0.15, -0.1) is 0 Å². The Labute approximate surface area is 116 Å². The van der Waals surface area contributed by atoms with Gasteiger partial charge in [-0.3, -0.25) is 14.9 Å². The fourth-order valence-electron chi connectivity index (χ4n) is 1.75. The molecule has 0 aliphatic carbocycles. The monoisotopic (exact) mass is 271 g/mol. The van der Waals surface area contributed by atoms with E-state index in [-0.39, 0.29) is 11.5 Å². The number of rotatable bonds is 4. The quantitative estimate of drug-likeness (QED) is 0.480. The number of nitrogens with zero attached hydrogens (tertiary/aromatic N) is 1. The van der Waals surface area contributed by atoms with Crippen LogP contribution in [0.2, 0.25) is 0 Å². The lowest BCUT2D eigenvalue weighted by Crippen LogP contribution is -1.93. The number of Topliss-reactive ketones (excluding diaryl/α,β-unsaturated/α-hetero) is 1. The number of benzene rings is 2. The number of non-ortho nitro benzene ring substituents is 1. The molecule has 5 nitrogen and oxygen atoms in total. The molecule has 0 N–H and O–H groups in total. The highest BCUT2D eigenvalue weighted by atomic mass is 16.6. The molecule has 0 heterocycles. The Bertz CT molecular complexity index is 662. The predicted molar refractivity (Wildman–Crippen MR) is 74.4 cm³/mol. The molecule has 0 aromatic heterocycles. The Balaban J connectivity index is 2.21. The van der Waals surface area contributed by atoms with Gasteiger partial charge in [0.15, 0.2) is 5.78 Å². The van der Waals surface area contributed by atoms with Crippen LogP contribution in [0.1, 0.15) is 22.8 Å². The molecule has 20 heavy (non-hydrogen) atoms. The number of ether oxygens (including phenoxy) is 1. The minimum atomic E-state index is -0.446. The molecule has 0 bridgehead atoms. The van der Waals surface area contributed by atoms with Crippen LogP contribution >= 0.6 is 0 Å². The van der Waals surface area contributed by atoms with Crippen LogP contribution in [0.3, 0.4) is 0 Å². The summed E-state index contributed by atoms with van der Waals surface area (Å²) in [7, 11) is 0. The molecule has 0 saturated heterocycles. The fraction of sp³-hybridized carbons (Fsp3) is 0.133. The summed E-state index contributed by atoms with van der Waals surface area (Å²) in [6.07, 6.45) is 0. The van der Waals surface area contributed by atoms with Crippen LogP contribution in [0.15, 0.2) is 42.5 Å². The van der Waals surface area contributed by atoms with E-state index in [1.165, 1.54) is 19.1 Å². The maximum absolute atomic E-state index is 11.2. The number of hydrogen-bond donors (Lipinski definition) is 0.